The van der Waals surface area contributed by atoms with Crippen molar-refractivity contribution in [3.05, 3.63) is 18.2 Å². The molecule has 1 atom stereocenters. The Balaban J connectivity index is 2.92. The van der Waals surface area contributed by atoms with Crippen LogP contribution in [-0.4, -0.2) is 35.6 Å². The lowest BCUT2D eigenvalue weighted by Crippen LogP contribution is -2.38. The minimum absolute atomic E-state index is 0.0311. The monoisotopic (exact) mass is 283 g/mol. The zero-order valence-electron chi connectivity index (χ0n) is 13.3. The summed E-state index contributed by atoms with van der Waals surface area (Å²) < 4.78 is 13.7. The Hall–Kier alpha value is -0.910. The Morgan fingerprint density at radius 3 is 2.40 bits per heavy atom. The molecule has 1 unspecified atom stereocenters. The summed E-state index contributed by atoms with van der Waals surface area (Å²) in [5.74, 6) is 0.993. The lowest BCUT2D eigenvalue weighted by Gasteiger charge is -2.27. The molecule has 1 aromatic heterocycles. The molecule has 0 spiro atoms. The smallest absolute Gasteiger partial charge is 0.179 e. The number of nitrogens with zero attached hydrogens (tertiary/aromatic N) is 2. The summed E-state index contributed by atoms with van der Waals surface area (Å²) in [5.41, 5.74) is 0. The fourth-order valence-corrected chi connectivity index (χ4v) is 2.21. The Kier molecular flexibility index (Phi) is 8.49. The molecule has 0 aliphatic heterocycles. The summed E-state index contributed by atoms with van der Waals surface area (Å²) in [5, 5.41) is 3.51. The van der Waals surface area contributed by atoms with Crippen LogP contribution in [-0.2, 0) is 16.0 Å². The second-order valence-corrected chi connectivity index (χ2v) is 4.69. The summed E-state index contributed by atoms with van der Waals surface area (Å²) in [6.45, 7) is 11.4. The molecule has 0 aliphatic rings. The first-order valence-electron chi connectivity index (χ1n) is 7.75. The molecule has 0 saturated carbocycles. The summed E-state index contributed by atoms with van der Waals surface area (Å²) >= 11 is 0. The second kappa shape index (κ2) is 9.91. The molecule has 0 amide bonds. The van der Waals surface area contributed by atoms with Gasteiger partial charge in [-0.3, -0.25) is 0 Å². The number of imidazole rings is 1. The van der Waals surface area contributed by atoms with Crippen LogP contribution in [0.15, 0.2) is 12.4 Å². The highest BCUT2D eigenvalue weighted by Crippen LogP contribution is 2.20. The van der Waals surface area contributed by atoms with E-state index in [1.165, 1.54) is 0 Å². The molecule has 0 radical (unpaired) electrons. The first-order valence-corrected chi connectivity index (χ1v) is 7.75. The van der Waals surface area contributed by atoms with Gasteiger partial charge in [-0.2, -0.15) is 0 Å². The summed E-state index contributed by atoms with van der Waals surface area (Å²) in [4.78, 5) is 4.51. The molecular formula is C15H29N3O2. The van der Waals surface area contributed by atoms with E-state index in [0.29, 0.717) is 13.2 Å². The molecule has 1 rings (SSSR count). The van der Waals surface area contributed by atoms with Crippen LogP contribution in [0.1, 0.15) is 52.4 Å². The normalized spacial score (nSPS) is 13.1. The third-order valence-corrected chi connectivity index (χ3v) is 3.04. The zero-order chi connectivity index (χ0) is 14.8. The van der Waals surface area contributed by atoms with Crippen molar-refractivity contribution in [2.45, 2.75) is 59.4 Å². The average molecular weight is 283 g/mol. The highest BCUT2D eigenvalue weighted by Gasteiger charge is 2.27. The number of aryl methyl sites for hydroxylation is 1. The van der Waals surface area contributed by atoms with Crippen molar-refractivity contribution in [2.75, 3.05) is 19.8 Å². The van der Waals surface area contributed by atoms with Crippen molar-refractivity contribution in [3.8, 4) is 0 Å². The number of ether oxygens (including phenoxy) is 2. The van der Waals surface area contributed by atoms with E-state index in [9.17, 15) is 0 Å². The highest BCUT2D eigenvalue weighted by molar-refractivity contribution is 5.01. The van der Waals surface area contributed by atoms with Gasteiger partial charge in [-0.1, -0.05) is 13.8 Å². The molecule has 0 aromatic carbocycles. The molecule has 0 fully saturated rings. The van der Waals surface area contributed by atoms with Gasteiger partial charge in [0.15, 0.2) is 6.29 Å². The van der Waals surface area contributed by atoms with Gasteiger partial charge >= 0.3 is 0 Å². The molecular weight excluding hydrogens is 254 g/mol. The van der Waals surface area contributed by atoms with Gasteiger partial charge in [0, 0.05) is 32.2 Å². The summed E-state index contributed by atoms with van der Waals surface area (Å²) in [6.07, 6.45) is 5.72. The van der Waals surface area contributed by atoms with Crippen molar-refractivity contribution in [1.82, 2.24) is 14.9 Å². The lowest BCUT2D eigenvalue weighted by atomic mass is 10.2. The molecule has 0 saturated heterocycles. The number of aromatic nitrogens is 2. The maximum atomic E-state index is 5.76. The SMILES string of the molecule is CCCNC(c1nccn1CCC)C(OCC)OCC. The van der Waals surface area contributed by atoms with Crippen LogP contribution < -0.4 is 5.32 Å². The van der Waals surface area contributed by atoms with Crippen LogP contribution in [0.5, 0.6) is 0 Å². The van der Waals surface area contributed by atoms with E-state index in [-0.39, 0.29) is 12.3 Å². The number of hydrogen-bond acceptors (Lipinski definition) is 4. The minimum Gasteiger partial charge on any atom is -0.351 e. The van der Waals surface area contributed by atoms with Gasteiger partial charge in [0.1, 0.15) is 11.9 Å². The largest absolute Gasteiger partial charge is 0.351 e. The van der Waals surface area contributed by atoms with Crippen LogP contribution >= 0.6 is 0 Å². The van der Waals surface area contributed by atoms with Crippen molar-refractivity contribution >= 4 is 0 Å². The standard InChI is InChI=1S/C15H29N3O2/c1-5-9-16-13(15(19-7-3)20-8-4)14-17-10-12-18(14)11-6-2/h10,12-13,15-16H,5-9,11H2,1-4H3. The van der Waals surface area contributed by atoms with E-state index in [0.717, 1.165) is 31.8 Å². The minimum atomic E-state index is -0.297. The quantitative estimate of drug-likeness (QED) is 0.634. The van der Waals surface area contributed by atoms with E-state index < -0.39 is 0 Å². The third kappa shape index (κ3) is 4.89. The molecule has 1 heterocycles. The summed E-state index contributed by atoms with van der Waals surface area (Å²) in [6, 6.07) is -0.0311. The van der Waals surface area contributed by atoms with Crippen LogP contribution in [0.25, 0.3) is 0 Å². The Morgan fingerprint density at radius 2 is 1.85 bits per heavy atom. The van der Waals surface area contributed by atoms with Crippen molar-refractivity contribution < 1.29 is 9.47 Å². The van der Waals surface area contributed by atoms with Gasteiger partial charge in [-0.15, -0.1) is 0 Å². The van der Waals surface area contributed by atoms with Gasteiger partial charge in [-0.05, 0) is 33.2 Å². The molecule has 1 aromatic rings. The van der Waals surface area contributed by atoms with Gasteiger partial charge in [0.05, 0.1) is 0 Å². The maximum Gasteiger partial charge on any atom is 0.179 e. The maximum absolute atomic E-state index is 5.76. The Labute approximate surface area is 122 Å². The molecule has 0 bridgehead atoms. The van der Waals surface area contributed by atoms with Gasteiger partial charge < -0.3 is 19.4 Å². The van der Waals surface area contributed by atoms with Gasteiger partial charge in [-0.25, -0.2) is 4.98 Å². The molecule has 20 heavy (non-hydrogen) atoms. The second-order valence-electron chi connectivity index (χ2n) is 4.69. The molecule has 5 nitrogen and oxygen atoms in total. The van der Waals surface area contributed by atoms with Crippen LogP contribution in [0, 0.1) is 0 Å². The van der Waals surface area contributed by atoms with Gasteiger partial charge in [0.25, 0.3) is 0 Å². The molecule has 0 aliphatic carbocycles. The van der Waals surface area contributed by atoms with Crippen LogP contribution in [0.4, 0.5) is 0 Å². The third-order valence-electron chi connectivity index (χ3n) is 3.04. The van der Waals surface area contributed by atoms with E-state index in [2.05, 4.69) is 28.7 Å². The molecule has 5 heteroatoms. The zero-order valence-corrected chi connectivity index (χ0v) is 13.3. The molecule has 116 valence electrons. The van der Waals surface area contributed by atoms with Crippen molar-refractivity contribution in [1.29, 1.82) is 0 Å². The summed E-state index contributed by atoms with van der Waals surface area (Å²) in [7, 11) is 0. The highest BCUT2D eigenvalue weighted by atomic mass is 16.7. The number of rotatable bonds is 11. The topological polar surface area (TPSA) is 48.3 Å². The predicted octanol–water partition coefficient (Wildman–Crippen LogP) is 2.73. The predicted molar refractivity (Wildman–Crippen MR) is 80.6 cm³/mol. The average Bonchev–Trinajstić information content (AvgIpc) is 2.88. The van der Waals surface area contributed by atoms with Crippen molar-refractivity contribution in [3.63, 3.8) is 0 Å². The van der Waals surface area contributed by atoms with E-state index >= 15 is 0 Å². The fourth-order valence-electron chi connectivity index (χ4n) is 2.21. The Morgan fingerprint density at radius 1 is 1.15 bits per heavy atom. The van der Waals surface area contributed by atoms with Gasteiger partial charge in [0.2, 0.25) is 0 Å². The van der Waals surface area contributed by atoms with Crippen LogP contribution in [0.3, 0.4) is 0 Å². The Bertz CT molecular complexity index is 349. The van der Waals surface area contributed by atoms with Crippen molar-refractivity contribution in [2.24, 2.45) is 0 Å². The first-order chi connectivity index (χ1) is 9.78. The van der Waals surface area contributed by atoms with E-state index in [1.807, 2.05) is 26.2 Å². The molecule has 1 N–H and O–H groups in total. The van der Waals surface area contributed by atoms with E-state index in [1.54, 1.807) is 0 Å². The fraction of sp³-hybridized carbons (Fsp3) is 0.800. The number of nitrogens with one attached hydrogen (secondary N) is 1. The van der Waals surface area contributed by atoms with E-state index in [4.69, 9.17) is 9.47 Å². The first kappa shape index (κ1) is 17.1. The van der Waals surface area contributed by atoms with Crippen LogP contribution in [0.2, 0.25) is 0 Å². The number of hydrogen-bond donors (Lipinski definition) is 1. The lowest BCUT2D eigenvalue weighted by molar-refractivity contribution is -0.156.